The highest BCUT2D eigenvalue weighted by atomic mass is 32.2. The summed E-state index contributed by atoms with van der Waals surface area (Å²) in [5, 5.41) is 3.18. The molecule has 0 unspecified atom stereocenters. The molecular formula is C19H23N3O2S. The van der Waals surface area contributed by atoms with E-state index in [4.69, 9.17) is 4.74 Å². The second kappa shape index (κ2) is 8.85. The van der Waals surface area contributed by atoms with Gasteiger partial charge in [0.1, 0.15) is 6.10 Å². The predicted octanol–water partition coefficient (Wildman–Crippen LogP) is 3.71. The van der Waals surface area contributed by atoms with Gasteiger partial charge in [-0.1, -0.05) is 19.1 Å². The Kier molecular flexibility index (Phi) is 6.28. The second-order valence-electron chi connectivity index (χ2n) is 6.04. The van der Waals surface area contributed by atoms with E-state index in [-0.39, 0.29) is 18.1 Å². The van der Waals surface area contributed by atoms with Crippen molar-refractivity contribution in [3.8, 4) is 5.88 Å². The molecule has 0 atom stereocenters. The summed E-state index contributed by atoms with van der Waals surface area (Å²) in [6.45, 7) is 2.09. The van der Waals surface area contributed by atoms with Crippen LogP contribution in [0.25, 0.3) is 0 Å². The number of benzene rings is 1. The van der Waals surface area contributed by atoms with Gasteiger partial charge in [0.2, 0.25) is 5.88 Å². The second-order valence-corrected chi connectivity index (χ2v) is 7.34. The van der Waals surface area contributed by atoms with Crippen molar-refractivity contribution in [3.05, 3.63) is 48.4 Å². The van der Waals surface area contributed by atoms with Crippen molar-refractivity contribution in [3.63, 3.8) is 0 Å². The minimum absolute atomic E-state index is 0.0230. The van der Waals surface area contributed by atoms with Crippen molar-refractivity contribution in [1.29, 1.82) is 0 Å². The summed E-state index contributed by atoms with van der Waals surface area (Å²) < 4.78 is 5.85. The first kappa shape index (κ1) is 17.7. The van der Waals surface area contributed by atoms with Gasteiger partial charge in [-0.15, -0.1) is 11.8 Å². The van der Waals surface area contributed by atoms with Crippen LogP contribution in [0.5, 0.6) is 5.88 Å². The van der Waals surface area contributed by atoms with Crippen LogP contribution in [-0.4, -0.2) is 33.8 Å². The molecule has 1 heterocycles. The molecule has 25 heavy (non-hydrogen) atoms. The number of carbonyl (C=O) groups excluding carboxylic acids is 1. The third-order valence-electron chi connectivity index (χ3n) is 4.27. The van der Waals surface area contributed by atoms with E-state index in [0.29, 0.717) is 5.88 Å². The van der Waals surface area contributed by atoms with Crippen molar-refractivity contribution >= 4 is 17.7 Å². The highest BCUT2D eigenvalue weighted by Crippen LogP contribution is 2.25. The first-order valence-corrected chi connectivity index (χ1v) is 9.70. The highest BCUT2D eigenvalue weighted by molar-refractivity contribution is 7.99. The van der Waals surface area contributed by atoms with E-state index in [1.54, 1.807) is 30.4 Å². The molecule has 0 bridgehead atoms. The number of aromatic nitrogens is 2. The number of rotatable bonds is 6. The average Bonchev–Trinajstić information content (AvgIpc) is 2.65. The molecule has 0 radical (unpaired) electrons. The number of nitrogens with zero attached hydrogens (tertiary/aromatic N) is 2. The molecular weight excluding hydrogens is 334 g/mol. The Morgan fingerprint density at radius 3 is 2.76 bits per heavy atom. The van der Waals surface area contributed by atoms with Crippen LogP contribution < -0.4 is 10.1 Å². The first-order chi connectivity index (χ1) is 12.3. The van der Waals surface area contributed by atoms with Crippen molar-refractivity contribution in [1.82, 2.24) is 15.3 Å². The van der Waals surface area contributed by atoms with Crippen LogP contribution in [0.4, 0.5) is 0 Å². The molecule has 1 amide bonds. The van der Waals surface area contributed by atoms with Gasteiger partial charge in [0, 0.05) is 23.3 Å². The zero-order valence-electron chi connectivity index (χ0n) is 14.4. The molecule has 1 N–H and O–H groups in total. The van der Waals surface area contributed by atoms with Crippen LogP contribution in [0.15, 0.2) is 47.8 Å². The predicted molar refractivity (Wildman–Crippen MR) is 99.0 cm³/mol. The van der Waals surface area contributed by atoms with E-state index < -0.39 is 0 Å². The van der Waals surface area contributed by atoms with Gasteiger partial charge >= 0.3 is 0 Å². The lowest BCUT2D eigenvalue weighted by Crippen LogP contribution is -2.39. The van der Waals surface area contributed by atoms with Gasteiger partial charge in [0.15, 0.2) is 0 Å². The fraction of sp³-hybridized carbons (Fsp3) is 0.421. The number of carbonyl (C=O) groups is 1. The van der Waals surface area contributed by atoms with Gasteiger partial charge in [-0.25, -0.2) is 4.98 Å². The van der Waals surface area contributed by atoms with Gasteiger partial charge in [0.05, 0.1) is 11.8 Å². The zero-order valence-corrected chi connectivity index (χ0v) is 15.2. The molecule has 5 nitrogen and oxygen atoms in total. The van der Waals surface area contributed by atoms with Crippen LogP contribution >= 0.6 is 11.8 Å². The largest absolute Gasteiger partial charge is 0.473 e. The molecule has 3 rings (SSSR count). The zero-order chi connectivity index (χ0) is 17.5. The standard InChI is InChI=1S/C19H23N3O2S/c1-2-25-17-6-4-3-5-16(17)19(23)22-14-7-9-15(10-8-14)24-18-13-20-11-12-21-18/h3-6,11-15H,2,7-10H2,1H3,(H,22,23). The lowest BCUT2D eigenvalue weighted by atomic mass is 9.92. The maximum Gasteiger partial charge on any atom is 0.252 e. The van der Waals surface area contributed by atoms with Gasteiger partial charge in [0.25, 0.3) is 5.91 Å². The fourth-order valence-electron chi connectivity index (χ4n) is 3.04. The molecule has 0 saturated heterocycles. The Balaban J connectivity index is 1.51. The van der Waals surface area contributed by atoms with Crippen molar-refractivity contribution in [2.45, 2.75) is 49.6 Å². The number of ether oxygens (including phenoxy) is 1. The van der Waals surface area contributed by atoms with Crippen LogP contribution in [0.2, 0.25) is 0 Å². The van der Waals surface area contributed by atoms with E-state index in [1.807, 2.05) is 24.3 Å². The van der Waals surface area contributed by atoms with E-state index in [0.717, 1.165) is 41.9 Å². The van der Waals surface area contributed by atoms with Gasteiger partial charge in [-0.2, -0.15) is 0 Å². The van der Waals surface area contributed by atoms with Gasteiger partial charge in [-0.3, -0.25) is 9.78 Å². The SMILES string of the molecule is CCSc1ccccc1C(=O)NC1CCC(Oc2cnccn2)CC1. The molecule has 1 aromatic heterocycles. The first-order valence-electron chi connectivity index (χ1n) is 8.71. The summed E-state index contributed by atoms with van der Waals surface area (Å²) >= 11 is 1.70. The molecule has 6 heteroatoms. The van der Waals surface area contributed by atoms with E-state index >= 15 is 0 Å². The van der Waals surface area contributed by atoms with Gasteiger partial charge < -0.3 is 10.1 Å². The van der Waals surface area contributed by atoms with Crippen LogP contribution in [0.3, 0.4) is 0 Å². The quantitative estimate of drug-likeness (QED) is 0.799. The van der Waals surface area contributed by atoms with Crippen LogP contribution in [0.1, 0.15) is 43.0 Å². The fourth-order valence-corrected chi connectivity index (χ4v) is 3.84. The molecule has 0 aliphatic heterocycles. The number of hydrogen-bond acceptors (Lipinski definition) is 5. The molecule has 0 spiro atoms. The summed E-state index contributed by atoms with van der Waals surface area (Å²) in [6.07, 6.45) is 8.70. The number of thioether (sulfide) groups is 1. The normalized spacial score (nSPS) is 20.0. The Morgan fingerprint density at radius 1 is 1.24 bits per heavy atom. The summed E-state index contributed by atoms with van der Waals surface area (Å²) in [6, 6.07) is 8.00. The summed E-state index contributed by atoms with van der Waals surface area (Å²) in [7, 11) is 0. The summed E-state index contributed by atoms with van der Waals surface area (Å²) in [5.41, 5.74) is 0.771. The van der Waals surface area contributed by atoms with Crippen LogP contribution in [-0.2, 0) is 0 Å². The van der Waals surface area contributed by atoms with Crippen molar-refractivity contribution < 1.29 is 9.53 Å². The number of amides is 1. The molecule has 1 aliphatic rings. The maximum absolute atomic E-state index is 12.6. The third-order valence-corrected chi connectivity index (χ3v) is 5.22. The number of nitrogens with one attached hydrogen (secondary N) is 1. The Labute approximate surface area is 152 Å². The minimum Gasteiger partial charge on any atom is -0.473 e. The Morgan fingerprint density at radius 2 is 2.04 bits per heavy atom. The van der Waals surface area contributed by atoms with Gasteiger partial charge in [-0.05, 0) is 43.6 Å². The Bertz CT molecular complexity index is 688. The smallest absolute Gasteiger partial charge is 0.252 e. The lowest BCUT2D eigenvalue weighted by Gasteiger charge is -2.29. The molecule has 2 aromatic rings. The minimum atomic E-state index is 0.0230. The van der Waals surface area contributed by atoms with Crippen molar-refractivity contribution in [2.24, 2.45) is 0 Å². The van der Waals surface area contributed by atoms with E-state index in [9.17, 15) is 4.79 Å². The topological polar surface area (TPSA) is 64.1 Å². The average molecular weight is 357 g/mol. The Hall–Kier alpha value is -2.08. The number of hydrogen-bond donors (Lipinski definition) is 1. The van der Waals surface area contributed by atoms with E-state index in [1.165, 1.54) is 0 Å². The maximum atomic E-state index is 12.6. The summed E-state index contributed by atoms with van der Waals surface area (Å²) in [5.74, 6) is 1.55. The molecule has 1 aliphatic carbocycles. The molecule has 1 fully saturated rings. The summed E-state index contributed by atoms with van der Waals surface area (Å²) in [4.78, 5) is 21.8. The van der Waals surface area contributed by atoms with Crippen LogP contribution in [0, 0.1) is 0 Å². The molecule has 1 aromatic carbocycles. The highest BCUT2D eigenvalue weighted by Gasteiger charge is 2.24. The molecule has 1 saturated carbocycles. The monoisotopic (exact) mass is 357 g/mol. The van der Waals surface area contributed by atoms with E-state index in [2.05, 4.69) is 22.2 Å². The third kappa shape index (κ3) is 4.95. The molecule has 132 valence electrons. The lowest BCUT2D eigenvalue weighted by molar-refractivity contribution is 0.0887. The van der Waals surface area contributed by atoms with Crippen molar-refractivity contribution in [2.75, 3.05) is 5.75 Å².